The Bertz CT molecular complexity index is 363. The Morgan fingerprint density at radius 1 is 1.53 bits per heavy atom. The molecule has 0 aliphatic heterocycles. The standard InChI is InChI=1S/C12H16O2S/c1-4-14-12(13)8-9(2)7-11-6-5-10(3)15-11/h5-7H,4,8H2,1-3H3. The summed E-state index contributed by atoms with van der Waals surface area (Å²) in [5.74, 6) is -0.153. The molecule has 1 heterocycles. The van der Waals surface area contributed by atoms with Crippen molar-refractivity contribution in [3.05, 3.63) is 27.5 Å². The molecule has 1 aromatic heterocycles. The van der Waals surface area contributed by atoms with Gasteiger partial charge in [-0.25, -0.2) is 0 Å². The molecule has 0 spiro atoms. The molecule has 0 unspecified atom stereocenters. The van der Waals surface area contributed by atoms with E-state index in [1.165, 1.54) is 9.75 Å². The zero-order chi connectivity index (χ0) is 11.3. The van der Waals surface area contributed by atoms with Crippen molar-refractivity contribution in [3.63, 3.8) is 0 Å². The first-order valence-corrected chi connectivity index (χ1v) is 5.82. The second kappa shape index (κ2) is 5.71. The molecule has 0 N–H and O–H groups in total. The third kappa shape index (κ3) is 4.30. The number of rotatable bonds is 4. The second-order valence-corrected chi connectivity index (χ2v) is 4.74. The van der Waals surface area contributed by atoms with Gasteiger partial charge in [0.05, 0.1) is 13.0 Å². The van der Waals surface area contributed by atoms with Crippen LogP contribution in [-0.2, 0) is 9.53 Å². The van der Waals surface area contributed by atoms with Gasteiger partial charge in [-0.1, -0.05) is 5.57 Å². The lowest BCUT2D eigenvalue weighted by atomic mass is 10.2. The largest absolute Gasteiger partial charge is 0.466 e. The van der Waals surface area contributed by atoms with Gasteiger partial charge >= 0.3 is 5.97 Å². The fraction of sp³-hybridized carbons (Fsp3) is 0.417. The van der Waals surface area contributed by atoms with E-state index in [0.717, 1.165) is 5.57 Å². The highest BCUT2D eigenvalue weighted by Crippen LogP contribution is 2.19. The van der Waals surface area contributed by atoms with E-state index in [1.54, 1.807) is 11.3 Å². The van der Waals surface area contributed by atoms with Crippen molar-refractivity contribution in [2.75, 3.05) is 6.61 Å². The minimum absolute atomic E-state index is 0.153. The van der Waals surface area contributed by atoms with Crippen molar-refractivity contribution < 1.29 is 9.53 Å². The first kappa shape index (κ1) is 12.0. The summed E-state index contributed by atoms with van der Waals surface area (Å²) in [6, 6.07) is 4.14. The van der Waals surface area contributed by atoms with Crippen LogP contribution in [-0.4, -0.2) is 12.6 Å². The minimum atomic E-state index is -0.153. The van der Waals surface area contributed by atoms with Crippen molar-refractivity contribution in [1.29, 1.82) is 0 Å². The van der Waals surface area contributed by atoms with E-state index in [0.29, 0.717) is 13.0 Å². The third-order valence-corrected chi connectivity index (χ3v) is 2.83. The van der Waals surface area contributed by atoms with Gasteiger partial charge in [-0.15, -0.1) is 11.3 Å². The molecule has 1 rings (SSSR count). The molecule has 82 valence electrons. The van der Waals surface area contributed by atoms with Crippen LogP contribution in [0.4, 0.5) is 0 Å². The summed E-state index contributed by atoms with van der Waals surface area (Å²) >= 11 is 1.73. The topological polar surface area (TPSA) is 26.3 Å². The van der Waals surface area contributed by atoms with Gasteiger partial charge in [0.25, 0.3) is 0 Å². The predicted octanol–water partition coefficient (Wildman–Crippen LogP) is 3.41. The lowest BCUT2D eigenvalue weighted by molar-refractivity contribution is -0.142. The zero-order valence-corrected chi connectivity index (χ0v) is 10.2. The van der Waals surface area contributed by atoms with E-state index in [2.05, 4.69) is 19.1 Å². The summed E-state index contributed by atoms with van der Waals surface area (Å²) in [4.78, 5) is 13.7. The van der Waals surface area contributed by atoms with E-state index >= 15 is 0 Å². The van der Waals surface area contributed by atoms with Crippen molar-refractivity contribution >= 4 is 23.4 Å². The zero-order valence-electron chi connectivity index (χ0n) is 9.37. The Labute approximate surface area is 94.6 Å². The molecule has 1 aromatic rings. The average Bonchev–Trinajstić information content (AvgIpc) is 2.51. The molecule has 0 aliphatic carbocycles. The molecule has 0 saturated carbocycles. The molecule has 0 fully saturated rings. The van der Waals surface area contributed by atoms with Gasteiger partial charge in [0.1, 0.15) is 0 Å². The van der Waals surface area contributed by atoms with Crippen molar-refractivity contribution in [2.24, 2.45) is 0 Å². The number of hydrogen-bond donors (Lipinski definition) is 0. The molecule has 0 aromatic carbocycles. The van der Waals surface area contributed by atoms with E-state index in [1.807, 2.05) is 19.9 Å². The van der Waals surface area contributed by atoms with Gasteiger partial charge in [0.2, 0.25) is 0 Å². The van der Waals surface area contributed by atoms with E-state index in [4.69, 9.17) is 4.74 Å². The Morgan fingerprint density at radius 2 is 2.27 bits per heavy atom. The molecular weight excluding hydrogens is 208 g/mol. The van der Waals surface area contributed by atoms with Gasteiger partial charge in [-0.3, -0.25) is 4.79 Å². The number of hydrogen-bond acceptors (Lipinski definition) is 3. The predicted molar refractivity (Wildman–Crippen MR) is 64.0 cm³/mol. The van der Waals surface area contributed by atoms with Crippen LogP contribution < -0.4 is 0 Å². The lowest BCUT2D eigenvalue weighted by Crippen LogP contribution is -2.03. The van der Waals surface area contributed by atoms with Gasteiger partial charge < -0.3 is 4.74 Å². The Morgan fingerprint density at radius 3 is 2.80 bits per heavy atom. The van der Waals surface area contributed by atoms with Crippen LogP contribution in [0.2, 0.25) is 0 Å². The second-order valence-electron chi connectivity index (χ2n) is 3.42. The molecule has 0 atom stereocenters. The highest BCUT2D eigenvalue weighted by molar-refractivity contribution is 7.12. The molecule has 0 bridgehead atoms. The average molecular weight is 224 g/mol. The van der Waals surface area contributed by atoms with E-state index in [-0.39, 0.29) is 5.97 Å². The summed E-state index contributed by atoms with van der Waals surface area (Å²) in [5.41, 5.74) is 1.04. The number of carbonyl (C=O) groups is 1. The molecule has 3 heteroatoms. The first-order valence-electron chi connectivity index (χ1n) is 5.01. The van der Waals surface area contributed by atoms with Crippen molar-refractivity contribution in [3.8, 4) is 0 Å². The summed E-state index contributed by atoms with van der Waals surface area (Å²) in [7, 11) is 0. The number of carbonyl (C=O) groups excluding carboxylic acids is 1. The Hall–Kier alpha value is -1.09. The lowest BCUT2D eigenvalue weighted by Gasteiger charge is -2.01. The highest BCUT2D eigenvalue weighted by Gasteiger charge is 2.03. The number of esters is 1. The van der Waals surface area contributed by atoms with Crippen LogP contribution in [0.5, 0.6) is 0 Å². The van der Waals surface area contributed by atoms with Crippen LogP contribution in [0.25, 0.3) is 6.08 Å². The molecular formula is C12H16O2S. The summed E-state index contributed by atoms with van der Waals surface area (Å²) in [5, 5.41) is 0. The SMILES string of the molecule is CCOC(=O)CC(C)=Cc1ccc(C)s1. The van der Waals surface area contributed by atoms with Gasteiger partial charge in [0, 0.05) is 9.75 Å². The van der Waals surface area contributed by atoms with Crippen molar-refractivity contribution in [2.45, 2.75) is 27.2 Å². The summed E-state index contributed by atoms with van der Waals surface area (Å²) < 4.78 is 4.88. The van der Waals surface area contributed by atoms with Crippen LogP contribution in [0.3, 0.4) is 0 Å². The third-order valence-electron chi connectivity index (χ3n) is 1.88. The first-order chi connectivity index (χ1) is 7.11. The van der Waals surface area contributed by atoms with Crippen LogP contribution >= 0.6 is 11.3 Å². The Balaban J connectivity index is 2.56. The summed E-state index contributed by atoms with van der Waals surface area (Å²) in [6.07, 6.45) is 2.42. The maximum absolute atomic E-state index is 11.2. The molecule has 15 heavy (non-hydrogen) atoms. The fourth-order valence-electron chi connectivity index (χ4n) is 1.26. The smallest absolute Gasteiger partial charge is 0.309 e. The maximum Gasteiger partial charge on any atom is 0.309 e. The monoisotopic (exact) mass is 224 g/mol. The van der Waals surface area contributed by atoms with Crippen LogP contribution in [0.1, 0.15) is 30.0 Å². The minimum Gasteiger partial charge on any atom is -0.466 e. The highest BCUT2D eigenvalue weighted by atomic mass is 32.1. The van der Waals surface area contributed by atoms with E-state index in [9.17, 15) is 4.79 Å². The molecule has 0 radical (unpaired) electrons. The molecule has 2 nitrogen and oxygen atoms in total. The molecule has 0 saturated heterocycles. The number of aryl methyl sites for hydroxylation is 1. The van der Waals surface area contributed by atoms with Crippen molar-refractivity contribution in [1.82, 2.24) is 0 Å². The Kier molecular flexibility index (Phi) is 4.56. The molecule has 0 amide bonds. The number of ether oxygens (including phenoxy) is 1. The maximum atomic E-state index is 11.2. The summed E-state index contributed by atoms with van der Waals surface area (Å²) in [6.45, 7) is 6.29. The van der Waals surface area contributed by atoms with Gasteiger partial charge in [-0.05, 0) is 39.0 Å². The van der Waals surface area contributed by atoms with Crippen LogP contribution in [0.15, 0.2) is 17.7 Å². The quantitative estimate of drug-likeness (QED) is 0.732. The molecule has 0 aliphatic rings. The van der Waals surface area contributed by atoms with Gasteiger partial charge in [-0.2, -0.15) is 0 Å². The fourth-order valence-corrected chi connectivity index (χ4v) is 2.17. The number of thiophene rings is 1. The normalized spacial score (nSPS) is 11.5. The van der Waals surface area contributed by atoms with Crippen LogP contribution in [0, 0.1) is 6.92 Å². The van der Waals surface area contributed by atoms with Gasteiger partial charge in [0.15, 0.2) is 0 Å². The van der Waals surface area contributed by atoms with E-state index < -0.39 is 0 Å².